The number of allylic oxidation sites excluding steroid dienone is 4. The van der Waals surface area contributed by atoms with Crippen LogP contribution in [0, 0.1) is 0 Å². The summed E-state index contributed by atoms with van der Waals surface area (Å²) >= 11 is 0. The third-order valence-corrected chi connectivity index (χ3v) is 5.36. The van der Waals surface area contributed by atoms with E-state index in [-0.39, 0.29) is 34.0 Å². The number of aliphatic hydroxyl groups is 1. The monoisotopic (exact) mass is 368 g/mol. The molecule has 0 bridgehead atoms. The van der Waals surface area contributed by atoms with Crippen molar-refractivity contribution in [2.75, 3.05) is 18.0 Å². The number of aromatic hydroxyl groups is 2. The van der Waals surface area contributed by atoms with Crippen LogP contribution < -0.4 is 4.90 Å². The molecular weight excluding hydrogens is 344 g/mol. The van der Waals surface area contributed by atoms with Crippen LogP contribution in [0.1, 0.15) is 40.2 Å². The summed E-state index contributed by atoms with van der Waals surface area (Å²) in [7, 11) is 0. The summed E-state index contributed by atoms with van der Waals surface area (Å²) in [6.07, 6.45) is 0. The molecule has 0 saturated heterocycles. The first-order valence-electron chi connectivity index (χ1n) is 9.00. The number of aliphatic hydroxyl groups excluding tert-OH is 1. The zero-order valence-electron chi connectivity index (χ0n) is 16.2. The lowest BCUT2D eigenvalue weighted by molar-refractivity contribution is -0.111. The Bertz CT molecular complexity index is 953. The number of carbonyl (C=O) groups is 1. The van der Waals surface area contributed by atoms with Crippen LogP contribution in [0.15, 0.2) is 45.3 Å². The number of rotatable bonds is 4. The Kier molecular flexibility index (Phi) is 4.59. The van der Waals surface area contributed by atoms with E-state index in [4.69, 9.17) is 0 Å². The molecule has 2 aliphatic rings. The fraction of sp³-hybridized carbons (Fsp3) is 0.333. The minimum Gasteiger partial charge on any atom is -0.507 e. The van der Waals surface area contributed by atoms with Gasteiger partial charge in [0.25, 0.3) is 0 Å². The van der Waals surface area contributed by atoms with Crippen LogP contribution >= 0.6 is 0 Å². The number of phenols is 2. The smallest absolute Gasteiger partial charge is 0.203 e. The van der Waals surface area contributed by atoms with Crippen molar-refractivity contribution in [1.82, 2.24) is 0 Å². The molecule has 0 fully saturated rings. The minimum absolute atomic E-state index is 0.0465. The topological polar surface area (TPSA) is 93.4 Å². The minimum atomic E-state index is -0.436. The number of phenolic OH excluding ortho intramolecular Hbond substituents is 2. The molecule has 0 saturated carbocycles. The van der Waals surface area contributed by atoms with E-state index in [2.05, 4.69) is 4.99 Å². The first-order valence-corrected chi connectivity index (χ1v) is 9.00. The van der Waals surface area contributed by atoms with Gasteiger partial charge in [-0.3, -0.25) is 9.79 Å². The van der Waals surface area contributed by atoms with Crippen molar-refractivity contribution in [2.24, 2.45) is 4.99 Å². The van der Waals surface area contributed by atoms with Gasteiger partial charge >= 0.3 is 0 Å². The Morgan fingerprint density at radius 2 is 1.48 bits per heavy atom. The molecular formula is C21H24N2O4. The van der Waals surface area contributed by atoms with E-state index in [9.17, 15) is 20.1 Å². The van der Waals surface area contributed by atoms with Gasteiger partial charge in [0, 0.05) is 36.6 Å². The predicted octanol–water partition coefficient (Wildman–Crippen LogP) is 3.86. The molecule has 1 aromatic rings. The quantitative estimate of drug-likeness (QED) is 0.702. The fourth-order valence-electron chi connectivity index (χ4n) is 3.51. The van der Waals surface area contributed by atoms with E-state index in [1.807, 2.05) is 39.5 Å². The van der Waals surface area contributed by atoms with Crippen LogP contribution in [0.2, 0.25) is 0 Å². The van der Waals surface area contributed by atoms with Crippen LogP contribution in [0.5, 0.6) is 11.5 Å². The standard InChI is InChI=1S/C21H24N2O4/c1-6-23(7-2)13-8-14(24)16(15(25)9-13)17-20(26)18(21(17)27)19-11(4)10(3)12(5)22-19/h8-9,24-26H,6-7H2,1-5H3/b19-18+. The molecule has 3 N–H and O–H groups in total. The zero-order valence-corrected chi connectivity index (χ0v) is 16.2. The van der Waals surface area contributed by atoms with E-state index in [1.165, 1.54) is 12.1 Å². The van der Waals surface area contributed by atoms with Gasteiger partial charge in [0.2, 0.25) is 5.78 Å². The summed E-state index contributed by atoms with van der Waals surface area (Å²) < 4.78 is 0. The van der Waals surface area contributed by atoms with Crippen molar-refractivity contribution in [3.05, 3.63) is 45.9 Å². The number of ketones is 1. The van der Waals surface area contributed by atoms with E-state index in [0.29, 0.717) is 24.5 Å². The number of carbonyl (C=O) groups excluding carboxylic acids is 1. The van der Waals surface area contributed by atoms with Crippen molar-refractivity contribution in [1.29, 1.82) is 0 Å². The van der Waals surface area contributed by atoms with Gasteiger partial charge in [-0.25, -0.2) is 0 Å². The van der Waals surface area contributed by atoms with Gasteiger partial charge in [0.1, 0.15) is 17.3 Å². The Labute approximate surface area is 158 Å². The Hall–Kier alpha value is -3.02. The molecule has 0 unspecified atom stereocenters. The summed E-state index contributed by atoms with van der Waals surface area (Å²) in [4.78, 5) is 19.1. The van der Waals surface area contributed by atoms with Gasteiger partial charge in [-0.15, -0.1) is 0 Å². The van der Waals surface area contributed by atoms with E-state index in [0.717, 1.165) is 16.9 Å². The number of aliphatic imine (C=N–C) groups is 1. The van der Waals surface area contributed by atoms with Gasteiger partial charge in [0.15, 0.2) is 0 Å². The normalized spacial score (nSPS) is 19.6. The molecule has 1 aliphatic heterocycles. The lowest BCUT2D eigenvalue weighted by Gasteiger charge is -2.26. The first-order chi connectivity index (χ1) is 12.7. The second kappa shape index (κ2) is 6.61. The zero-order chi connectivity index (χ0) is 20.0. The molecule has 0 radical (unpaired) electrons. The molecule has 1 aliphatic carbocycles. The third-order valence-electron chi connectivity index (χ3n) is 5.36. The van der Waals surface area contributed by atoms with Crippen LogP contribution in [-0.2, 0) is 4.79 Å². The second-order valence-corrected chi connectivity index (χ2v) is 6.75. The number of hydrogen-bond acceptors (Lipinski definition) is 6. The molecule has 27 heavy (non-hydrogen) atoms. The second-order valence-electron chi connectivity index (χ2n) is 6.75. The molecule has 6 nitrogen and oxygen atoms in total. The number of anilines is 1. The maximum Gasteiger partial charge on any atom is 0.203 e. The SMILES string of the molecule is CCN(CC)c1cc(O)c(C2=C(O)/C(=C3\N=C(C)C(C)=C3C)C2=O)c(O)c1. The van der Waals surface area contributed by atoms with Crippen LogP contribution in [-0.4, -0.2) is 39.9 Å². The Morgan fingerprint density at radius 3 is 1.89 bits per heavy atom. The Balaban J connectivity index is 2.12. The van der Waals surface area contributed by atoms with Crippen molar-refractivity contribution >= 4 is 22.8 Å². The van der Waals surface area contributed by atoms with Gasteiger partial charge in [-0.2, -0.15) is 0 Å². The summed E-state index contributed by atoms with van der Waals surface area (Å²) in [6, 6.07) is 2.99. The summed E-state index contributed by atoms with van der Waals surface area (Å²) in [5.41, 5.74) is 3.72. The third kappa shape index (κ3) is 2.72. The maximum absolute atomic E-state index is 12.8. The molecule has 1 heterocycles. The van der Waals surface area contributed by atoms with Crippen LogP contribution in [0.3, 0.4) is 0 Å². The van der Waals surface area contributed by atoms with Gasteiger partial charge in [-0.1, -0.05) is 0 Å². The Morgan fingerprint density at radius 1 is 0.926 bits per heavy atom. The van der Waals surface area contributed by atoms with Crippen molar-refractivity contribution < 1.29 is 20.1 Å². The molecule has 142 valence electrons. The lowest BCUT2D eigenvalue weighted by Crippen LogP contribution is -2.24. The highest BCUT2D eigenvalue weighted by atomic mass is 16.3. The molecule has 3 rings (SSSR count). The van der Waals surface area contributed by atoms with E-state index in [1.54, 1.807) is 0 Å². The van der Waals surface area contributed by atoms with E-state index < -0.39 is 5.78 Å². The summed E-state index contributed by atoms with van der Waals surface area (Å²) in [5.74, 6) is -1.17. The largest absolute Gasteiger partial charge is 0.507 e. The van der Waals surface area contributed by atoms with Crippen molar-refractivity contribution in [2.45, 2.75) is 34.6 Å². The number of hydrogen-bond donors (Lipinski definition) is 3. The molecule has 0 aromatic heterocycles. The van der Waals surface area contributed by atoms with Gasteiger partial charge in [0.05, 0.1) is 22.4 Å². The number of Topliss-reactive ketones (excluding diaryl/α,β-unsaturated/α-hetero) is 1. The number of nitrogens with zero attached hydrogens (tertiary/aromatic N) is 2. The highest BCUT2D eigenvalue weighted by molar-refractivity contribution is 6.40. The number of benzene rings is 1. The highest BCUT2D eigenvalue weighted by Gasteiger charge is 2.41. The summed E-state index contributed by atoms with van der Waals surface area (Å²) in [6.45, 7) is 11.0. The van der Waals surface area contributed by atoms with Crippen LogP contribution in [0.25, 0.3) is 5.57 Å². The molecule has 0 spiro atoms. The van der Waals surface area contributed by atoms with E-state index >= 15 is 0 Å². The van der Waals surface area contributed by atoms with Gasteiger partial charge in [-0.05, 0) is 45.8 Å². The van der Waals surface area contributed by atoms with Gasteiger partial charge < -0.3 is 20.2 Å². The fourth-order valence-corrected chi connectivity index (χ4v) is 3.51. The average Bonchev–Trinajstić information content (AvgIpc) is 2.86. The molecule has 0 atom stereocenters. The van der Waals surface area contributed by atoms with Crippen LogP contribution in [0.4, 0.5) is 5.69 Å². The highest BCUT2D eigenvalue weighted by Crippen LogP contribution is 2.47. The van der Waals surface area contributed by atoms with Crippen molar-refractivity contribution in [3.63, 3.8) is 0 Å². The summed E-state index contributed by atoms with van der Waals surface area (Å²) in [5, 5.41) is 31.4. The average molecular weight is 368 g/mol. The van der Waals surface area contributed by atoms with Crippen molar-refractivity contribution in [3.8, 4) is 11.5 Å². The lowest BCUT2D eigenvalue weighted by atomic mass is 9.80. The molecule has 0 amide bonds. The molecule has 1 aromatic carbocycles. The molecule has 6 heteroatoms. The first kappa shape index (κ1) is 18.8. The predicted molar refractivity (Wildman–Crippen MR) is 106 cm³/mol. The maximum atomic E-state index is 12.8.